The molecular weight excluding hydrogens is 538 g/mol. The average Bonchev–Trinajstić information content (AvgIpc) is 2.78. The third-order valence-corrected chi connectivity index (χ3v) is 6.10. The zero-order valence-electron chi connectivity index (χ0n) is 18.3. The molecule has 0 aliphatic heterocycles. The highest BCUT2D eigenvalue weighted by molar-refractivity contribution is 9.10. The molecule has 0 aliphatic rings. The SMILES string of the molecule is C=CCOc1cc(Br)c(C=Nn2c([C@@H](C)CC)nc3ccc(Br)cc3c2=O)cc1OCC. The monoisotopic (exact) mass is 561 g/mol. The molecule has 8 heteroatoms. The first-order valence-electron chi connectivity index (χ1n) is 10.4. The Balaban J connectivity index is 2.13. The predicted molar refractivity (Wildman–Crippen MR) is 136 cm³/mol. The quantitative estimate of drug-likeness (QED) is 0.227. The van der Waals surface area contributed by atoms with Gasteiger partial charge in [-0.3, -0.25) is 4.79 Å². The van der Waals surface area contributed by atoms with E-state index in [-0.39, 0.29) is 11.5 Å². The molecule has 0 spiro atoms. The Labute approximate surface area is 204 Å². The molecule has 0 aliphatic carbocycles. The van der Waals surface area contributed by atoms with Gasteiger partial charge in [-0.2, -0.15) is 9.78 Å². The van der Waals surface area contributed by atoms with Crippen molar-refractivity contribution in [3.05, 3.63) is 73.7 Å². The van der Waals surface area contributed by atoms with Crippen LogP contribution < -0.4 is 15.0 Å². The first kappa shape index (κ1) is 24.2. The third kappa shape index (κ3) is 5.30. The first-order valence-corrected chi connectivity index (χ1v) is 11.9. The zero-order chi connectivity index (χ0) is 23.3. The summed E-state index contributed by atoms with van der Waals surface area (Å²) in [5.41, 5.74) is 1.19. The van der Waals surface area contributed by atoms with Gasteiger partial charge in [0.1, 0.15) is 12.4 Å². The highest BCUT2D eigenvalue weighted by Gasteiger charge is 2.16. The lowest BCUT2D eigenvalue weighted by Crippen LogP contribution is -2.23. The number of nitrogens with zero attached hydrogens (tertiary/aromatic N) is 3. The van der Waals surface area contributed by atoms with Gasteiger partial charge >= 0.3 is 0 Å². The molecule has 0 radical (unpaired) electrons. The van der Waals surface area contributed by atoms with Crippen LogP contribution in [-0.4, -0.2) is 29.1 Å². The lowest BCUT2D eigenvalue weighted by Gasteiger charge is -2.15. The van der Waals surface area contributed by atoms with Crippen LogP contribution in [0.25, 0.3) is 10.9 Å². The van der Waals surface area contributed by atoms with Gasteiger partial charge in [0.25, 0.3) is 5.56 Å². The lowest BCUT2D eigenvalue weighted by atomic mass is 10.1. The third-order valence-electron chi connectivity index (χ3n) is 4.92. The molecule has 0 saturated heterocycles. The maximum Gasteiger partial charge on any atom is 0.282 e. The smallest absolute Gasteiger partial charge is 0.282 e. The molecule has 3 rings (SSSR count). The minimum absolute atomic E-state index is 0.0602. The highest BCUT2D eigenvalue weighted by atomic mass is 79.9. The van der Waals surface area contributed by atoms with E-state index in [2.05, 4.69) is 50.5 Å². The van der Waals surface area contributed by atoms with Gasteiger partial charge in [-0.05, 0) is 59.6 Å². The van der Waals surface area contributed by atoms with Gasteiger partial charge in [-0.25, -0.2) is 4.98 Å². The second kappa shape index (κ2) is 10.9. The van der Waals surface area contributed by atoms with Crippen LogP contribution >= 0.6 is 31.9 Å². The summed E-state index contributed by atoms with van der Waals surface area (Å²) in [6, 6.07) is 9.14. The molecule has 0 N–H and O–H groups in total. The minimum atomic E-state index is -0.213. The molecule has 3 aromatic rings. The summed E-state index contributed by atoms with van der Waals surface area (Å²) in [6.45, 7) is 10.5. The molecule has 0 bridgehead atoms. The zero-order valence-corrected chi connectivity index (χ0v) is 21.4. The van der Waals surface area contributed by atoms with E-state index in [4.69, 9.17) is 14.5 Å². The molecule has 1 atom stereocenters. The Kier molecular flexibility index (Phi) is 8.26. The van der Waals surface area contributed by atoms with Crippen molar-refractivity contribution in [3.8, 4) is 11.5 Å². The minimum Gasteiger partial charge on any atom is -0.490 e. The van der Waals surface area contributed by atoms with Gasteiger partial charge in [0.05, 0.1) is 23.7 Å². The molecule has 1 heterocycles. The molecule has 32 heavy (non-hydrogen) atoms. The van der Waals surface area contributed by atoms with E-state index in [1.807, 2.05) is 38.1 Å². The Morgan fingerprint density at radius 3 is 2.62 bits per heavy atom. The molecular formula is C24H25Br2N3O3. The van der Waals surface area contributed by atoms with Crippen molar-refractivity contribution in [1.82, 2.24) is 9.66 Å². The first-order chi connectivity index (χ1) is 15.4. The maximum atomic E-state index is 13.3. The van der Waals surface area contributed by atoms with Crippen molar-refractivity contribution in [2.24, 2.45) is 5.10 Å². The molecule has 0 fully saturated rings. The number of aromatic nitrogens is 2. The lowest BCUT2D eigenvalue weighted by molar-refractivity contribution is 0.296. The van der Waals surface area contributed by atoms with Crippen LogP contribution in [0.3, 0.4) is 0 Å². The molecule has 0 amide bonds. The van der Waals surface area contributed by atoms with E-state index in [0.717, 1.165) is 20.9 Å². The number of benzene rings is 2. The summed E-state index contributed by atoms with van der Waals surface area (Å²) in [5, 5.41) is 5.04. The van der Waals surface area contributed by atoms with E-state index in [1.54, 1.807) is 18.4 Å². The fourth-order valence-corrected chi connectivity index (χ4v) is 3.86. The molecule has 1 aromatic heterocycles. The van der Waals surface area contributed by atoms with Crippen LogP contribution in [0.15, 0.2) is 61.8 Å². The van der Waals surface area contributed by atoms with Crippen LogP contribution in [0.1, 0.15) is 44.5 Å². The van der Waals surface area contributed by atoms with Crippen LogP contribution in [0.5, 0.6) is 11.5 Å². The van der Waals surface area contributed by atoms with Crippen LogP contribution in [0.2, 0.25) is 0 Å². The highest BCUT2D eigenvalue weighted by Crippen LogP contribution is 2.33. The summed E-state index contributed by atoms with van der Waals surface area (Å²) in [6.07, 6.45) is 4.13. The summed E-state index contributed by atoms with van der Waals surface area (Å²) in [4.78, 5) is 18.0. The summed E-state index contributed by atoms with van der Waals surface area (Å²) >= 11 is 7.00. The second-order valence-corrected chi connectivity index (χ2v) is 8.93. The van der Waals surface area contributed by atoms with E-state index in [9.17, 15) is 4.79 Å². The molecule has 2 aromatic carbocycles. The number of fused-ring (bicyclic) bond motifs is 1. The second-order valence-electron chi connectivity index (χ2n) is 7.16. The summed E-state index contributed by atoms with van der Waals surface area (Å²) in [5.74, 6) is 1.88. The summed E-state index contributed by atoms with van der Waals surface area (Å²) in [7, 11) is 0. The van der Waals surface area contributed by atoms with Crippen molar-refractivity contribution < 1.29 is 9.47 Å². The molecule has 0 unspecified atom stereocenters. The maximum absolute atomic E-state index is 13.3. The van der Waals surface area contributed by atoms with Crippen molar-refractivity contribution in [2.75, 3.05) is 13.2 Å². The number of hydrogen-bond acceptors (Lipinski definition) is 5. The standard InChI is InChI=1S/C24H25Br2N3O3/c1-5-10-32-22-13-19(26)16(11-21(22)31-7-3)14-27-29-23(15(4)6-2)28-20-9-8-17(25)12-18(20)24(29)30/h5,8-9,11-15H,1,6-7,10H2,2-4H3/t15-/m0/s1. The Bertz CT molecular complexity index is 1220. The fraction of sp³-hybridized carbons (Fsp3) is 0.292. The average molecular weight is 563 g/mol. The molecule has 6 nitrogen and oxygen atoms in total. The van der Waals surface area contributed by atoms with Crippen LogP contribution in [0, 0.1) is 0 Å². The van der Waals surface area contributed by atoms with E-state index in [0.29, 0.717) is 41.4 Å². The topological polar surface area (TPSA) is 65.7 Å². The summed E-state index contributed by atoms with van der Waals surface area (Å²) < 4.78 is 14.4. The van der Waals surface area contributed by atoms with Gasteiger partial charge in [-0.15, -0.1) is 0 Å². The van der Waals surface area contributed by atoms with Gasteiger partial charge in [0.2, 0.25) is 0 Å². The van der Waals surface area contributed by atoms with Gasteiger partial charge < -0.3 is 9.47 Å². The van der Waals surface area contributed by atoms with E-state index in [1.165, 1.54) is 4.68 Å². The number of ether oxygens (including phenoxy) is 2. The normalized spacial score (nSPS) is 12.3. The Morgan fingerprint density at radius 2 is 1.94 bits per heavy atom. The molecule has 168 valence electrons. The predicted octanol–water partition coefficient (Wildman–Crippen LogP) is 6.28. The van der Waals surface area contributed by atoms with Gasteiger partial charge in [0.15, 0.2) is 11.5 Å². The van der Waals surface area contributed by atoms with Crippen molar-refractivity contribution in [1.29, 1.82) is 0 Å². The number of halogens is 2. The molecule has 0 saturated carbocycles. The largest absolute Gasteiger partial charge is 0.490 e. The van der Waals surface area contributed by atoms with Crippen molar-refractivity contribution in [2.45, 2.75) is 33.1 Å². The van der Waals surface area contributed by atoms with Gasteiger partial charge in [-0.1, -0.05) is 42.4 Å². The Hall–Kier alpha value is -2.45. The fourth-order valence-electron chi connectivity index (χ4n) is 3.08. The van der Waals surface area contributed by atoms with Gasteiger partial charge in [0, 0.05) is 20.4 Å². The van der Waals surface area contributed by atoms with Crippen molar-refractivity contribution in [3.63, 3.8) is 0 Å². The Morgan fingerprint density at radius 1 is 1.19 bits per heavy atom. The number of hydrogen-bond donors (Lipinski definition) is 0. The van der Waals surface area contributed by atoms with Crippen molar-refractivity contribution >= 4 is 49.0 Å². The van der Waals surface area contributed by atoms with Crippen LogP contribution in [0.4, 0.5) is 0 Å². The van der Waals surface area contributed by atoms with Crippen LogP contribution in [-0.2, 0) is 0 Å². The number of rotatable bonds is 9. The van der Waals surface area contributed by atoms with E-state index >= 15 is 0 Å². The van der Waals surface area contributed by atoms with E-state index < -0.39 is 0 Å².